The lowest BCUT2D eigenvalue weighted by Crippen LogP contribution is -2.70. The maximum absolute atomic E-state index is 12.8. The molecular formula is C19H20O4. The summed E-state index contributed by atoms with van der Waals surface area (Å²) in [4.78, 5) is 24.9. The van der Waals surface area contributed by atoms with E-state index in [1.165, 1.54) is 0 Å². The molecule has 23 heavy (non-hydrogen) atoms. The van der Waals surface area contributed by atoms with E-state index in [2.05, 4.69) is 6.92 Å². The van der Waals surface area contributed by atoms with Gasteiger partial charge in [0, 0.05) is 5.92 Å². The van der Waals surface area contributed by atoms with Crippen LogP contribution >= 0.6 is 0 Å². The average Bonchev–Trinajstić information content (AvgIpc) is 2.73. The first-order valence-corrected chi connectivity index (χ1v) is 8.50. The van der Waals surface area contributed by atoms with Crippen molar-refractivity contribution >= 4 is 5.97 Å². The number of fused-ring (bicyclic) bond motifs is 2. The molecule has 1 N–H and O–H groups in total. The SMILES string of the molecule is Cc1cc(=O)cc2c3c1C[C@@H]1[C@@H]4C[C@@H](C)[C@@](CC2)(C(=O)O4)[C@@]31O. The second kappa shape index (κ2) is 3.86. The van der Waals surface area contributed by atoms with Gasteiger partial charge in [0.15, 0.2) is 5.43 Å². The first kappa shape index (κ1) is 13.7. The summed E-state index contributed by atoms with van der Waals surface area (Å²) in [7, 11) is 0. The van der Waals surface area contributed by atoms with Gasteiger partial charge in [0.05, 0.1) is 0 Å². The number of esters is 1. The van der Waals surface area contributed by atoms with Crippen LogP contribution in [0.2, 0.25) is 0 Å². The van der Waals surface area contributed by atoms with Crippen LogP contribution in [0.1, 0.15) is 42.0 Å². The zero-order chi connectivity index (χ0) is 16.1. The van der Waals surface area contributed by atoms with Crippen LogP contribution in [0.3, 0.4) is 0 Å². The standard InChI is InChI=1S/C19H20O4/c1-9-5-12(20)7-11-3-4-18-10(2)6-15(23-17(18)21)14-8-13(9)16(11)19(14,18)22/h5,7,10,14-15,22H,3-4,6,8H2,1-2H3/t10-,14-,15+,18+,19+/m1/s1. The van der Waals surface area contributed by atoms with Gasteiger partial charge in [0.25, 0.3) is 0 Å². The van der Waals surface area contributed by atoms with Crippen molar-refractivity contribution in [3.63, 3.8) is 0 Å². The second-order valence-electron chi connectivity index (χ2n) is 7.88. The maximum Gasteiger partial charge on any atom is 0.315 e. The summed E-state index contributed by atoms with van der Waals surface area (Å²) in [5.74, 6) is -0.196. The smallest absolute Gasteiger partial charge is 0.315 e. The average molecular weight is 312 g/mol. The minimum Gasteiger partial charge on any atom is -0.461 e. The fourth-order valence-electron chi connectivity index (χ4n) is 6.11. The van der Waals surface area contributed by atoms with E-state index in [0.29, 0.717) is 19.3 Å². The van der Waals surface area contributed by atoms with Gasteiger partial charge in [0.1, 0.15) is 17.1 Å². The van der Waals surface area contributed by atoms with Gasteiger partial charge in [-0.3, -0.25) is 9.59 Å². The lowest BCUT2D eigenvalue weighted by molar-refractivity contribution is -0.274. The van der Waals surface area contributed by atoms with Crippen LogP contribution in [0.4, 0.5) is 0 Å². The van der Waals surface area contributed by atoms with Crippen molar-refractivity contribution in [1.29, 1.82) is 0 Å². The van der Waals surface area contributed by atoms with Crippen molar-refractivity contribution in [2.75, 3.05) is 0 Å². The molecule has 120 valence electrons. The highest BCUT2D eigenvalue weighted by atomic mass is 16.6. The van der Waals surface area contributed by atoms with Gasteiger partial charge in [0.2, 0.25) is 0 Å². The number of carbonyl (C=O) groups is 1. The Morgan fingerprint density at radius 3 is 2.83 bits per heavy atom. The largest absolute Gasteiger partial charge is 0.461 e. The van der Waals surface area contributed by atoms with Crippen molar-refractivity contribution in [3.8, 4) is 0 Å². The minimum atomic E-state index is -1.16. The quantitative estimate of drug-likeness (QED) is 0.739. The van der Waals surface area contributed by atoms with Crippen LogP contribution in [-0.4, -0.2) is 17.2 Å². The number of ether oxygens (including phenoxy) is 1. The lowest BCUT2D eigenvalue weighted by atomic mass is 9.47. The molecule has 6 rings (SSSR count). The van der Waals surface area contributed by atoms with Crippen molar-refractivity contribution in [1.82, 2.24) is 0 Å². The van der Waals surface area contributed by atoms with E-state index in [9.17, 15) is 14.7 Å². The molecule has 4 heteroatoms. The number of hydrogen-bond donors (Lipinski definition) is 1. The number of aryl methyl sites for hydroxylation is 2. The van der Waals surface area contributed by atoms with E-state index < -0.39 is 11.0 Å². The normalized spacial score (nSPS) is 42.4. The Hall–Kier alpha value is -1.68. The molecule has 0 unspecified atom stereocenters. The van der Waals surface area contributed by atoms with Crippen LogP contribution < -0.4 is 5.43 Å². The molecule has 2 saturated heterocycles. The third kappa shape index (κ3) is 1.27. The van der Waals surface area contributed by atoms with Gasteiger partial charge in [-0.15, -0.1) is 0 Å². The molecule has 0 aromatic heterocycles. The van der Waals surface area contributed by atoms with E-state index in [4.69, 9.17) is 4.74 Å². The highest BCUT2D eigenvalue weighted by molar-refractivity contribution is 5.83. The summed E-state index contributed by atoms with van der Waals surface area (Å²) >= 11 is 0. The van der Waals surface area contributed by atoms with E-state index in [1.807, 2.05) is 6.92 Å². The van der Waals surface area contributed by atoms with Gasteiger partial charge in [-0.05, 0) is 72.9 Å². The summed E-state index contributed by atoms with van der Waals surface area (Å²) in [5, 5.41) is 11.9. The second-order valence-corrected chi connectivity index (χ2v) is 7.88. The van der Waals surface area contributed by atoms with Gasteiger partial charge >= 0.3 is 5.97 Å². The zero-order valence-electron chi connectivity index (χ0n) is 13.4. The molecule has 5 atom stereocenters. The summed E-state index contributed by atoms with van der Waals surface area (Å²) < 4.78 is 5.72. The van der Waals surface area contributed by atoms with Gasteiger partial charge in [-0.2, -0.15) is 0 Å². The minimum absolute atomic E-state index is 0.0143. The fraction of sp³-hybridized carbons (Fsp3) is 0.579. The summed E-state index contributed by atoms with van der Waals surface area (Å²) in [6.07, 6.45) is 2.55. The first-order chi connectivity index (χ1) is 10.9. The molecule has 0 amide bonds. The number of rotatable bonds is 0. The first-order valence-electron chi connectivity index (χ1n) is 8.50. The fourth-order valence-corrected chi connectivity index (χ4v) is 6.11. The van der Waals surface area contributed by atoms with E-state index in [-0.39, 0.29) is 29.3 Å². The van der Waals surface area contributed by atoms with E-state index in [1.54, 1.807) is 12.1 Å². The molecule has 1 spiro atoms. The van der Waals surface area contributed by atoms with Crippen molar-refractivity contribution in [3.05, 3.63) is 44.6 Å². The molecule has 1 aromatic carbocycles. The van der Waals surface area contributed by atoms with Crippen LogP contribution in [0.5, 0.6) is 0 Å². The third-order valence-corrected chi connectivity index (χ3v) is 7.08. The Bertz CT molecular complexity index is 829. The number of hydrogen-bond acceptors (Lipinski definition) is 4. The molecule has 3 aliphatic carbocycles. The third-order valence-electron chi connectivity index (χ3n) is 7.08. The molecule has 2 heterocycles. The topological polar surface area (TPSA) is 63.6 Å². The summed E-state index contributed by atoms with van der Waals surface area (Å²) in [6.45, 7) is 4.01. The molecule has 2 aliphatic heterocycles. The van der Waals surface area contributed by atoms with Gasteiger partial charge < -0.3 is 9.84 Å². The lowest BCUT2D eigenvalue weighted by Gasteiger charge is -2.62. The molecular weight excluding hydrogens is 292 g/mol. The number of aliphatic hydroxyl groups is 1. The molecule has 2 bridgehead atoms. The Morgan fingerprint density at radius 1 is 1.30 bits per heavy atom. The molecule has 0 radical (unpaired) electrons. The predicted molar refractivity (Wildman–Crippen MR) is 83.0 cm³/mol. The number of carbonyl (C=O) groups excluding carboxylic acids is 1. The molecule has 3 fully saturated rings. The summed E-state index contributed by atoms with van der Waals surface area (Å²) in [6, 6.07) is 3.33. The van der Waals surface area contributed by atoms with Crippen molar-refractivity contribution in [2.24, 2.45) is 17.3 Å². The maximum atomic E-state index is 12.8. The Morgan fingerprint density at radius 2 is 2.09 bits per heavy atom. The molecule has 4 nitrogen and oxygen atoms in total. The van der Waals surface area contributed by atoms with Gasteiger partial charge in [-0.1, -0.05) is 6.92 Å². The molecule has 1 aromatic rings. The summed E-state index contributed by atoms with van der Waals surface area (Å²) in [5.41, 5.74) is 1.78. The monoisotopic (exact) mass is 312 g/mol. The van der Waals surface area contributed by atoms with Crippen LogP contribution in [0, 0.1) is 24.2 Å². The molecule has 5 aliphatic rings. The highest BCUT2D eigenvalue weighted by Gasteiger charge is 2.75. The Kier molecular flexibility index (Phi) is 2.31. The Labute approximate surface area is 134 Å². The van der Waals surface area contributed by atoms with E-state index in [0.717, 1.165) is 28.7 Å². The van der Waals surface area contributed by atoms with Crippen LogP contribution in [0.15, 0.2) is 16.9 Å². The van der Waals surface area contributed by atoms with Crippen molar-refractivity contribution in [2.45, 2.75) is 51.2 Å². The van der Waals surface area contributed by atoms with Crippen molar-refractivity contribution < 1.29 is 14.6 Å². The van der Waals surface area contributed by atoms with Crippen LogP contribution in [0.25, 0.3) is 0 Å². The zero-order valence-corrected chi connectivity index (χ0v) is 13.4. The predicted octanol–water partition coefficient (Wildman–Crippen LogP) is 1.61. The van der Waals surface area contributed by atoms with Gasteiger partial charge in [-0.25, -0.2) is 0 Å². The van der Waals surface area contributed by atoms with E-state index >= 15 is 0 Å². The Balaban J connectivity index is 1.92. The van der Waals surface area contributed by atoms with Crippen LogP contribution in [-0.2, 0) is 28.0 Å². The molecule has 1 saturated carbocycles. The highest BCUT2D eigenvalue weighted by Crippen LogP contribution is 2.68.